The predicted octanol–water partition coefficient (Wildman–Crippen LogP) is 2.00. The van der Waals surface area contributed by atoms with E-state index in [1.807, 2.05) is 36.4 Å². The summed E-state index contributed by atoms with van der Waals surface area (Å²) >= 11 is 0. The smallest absolute Gasteiger partial charge is 0.142 e. The third-order valence-electron chi connectivity index (χ3n) is 2.28. The van der Waals surface area contributed by atoms with Crippen molar-refractivity contribution in [2.45, 2.75) is 6.42 Å². The zero-order valence-electron chi connectivity index (χ0n) is 9.30. The van der Waals surface area contributed by atoms with Crippen molar-refractivity contribution in [1.29, 1.82) is 5.26 Å². The van der Waals surface area contributed by atoms with Gasteiger partial charge in [0.15, 0.2) is 0 Å². The predicted molar refractivity (Wildman–Crippen MR) is 65.4 cm³/mol. The first kappa shape index (κ1) is 11.1. The minimum absolute atomic E-state index is 0.424. The van der Waals surface area contributed by atoms with E-state index < -0.39 is 0 Å². The van der Waals surface area contributed by atoms with E-state index in [4.69, 9.17) is 5.26 Å². The molecule has 0 aliphatic rings. The first-order chi connectivity index (χ1) is 8.38. The maximum absolute atomic E-state index is 8.72. The van der Waals surface area contributed by atoms with Crippen molar-refractivity contribution in [2.24, 2.45) is 0 Å². The molecule has 0 unspecified atom stereocenters. The van der Waals surface area contributed by atoms with E-state index >= 15 is 0 Å². The van der Waals surface area contributed by atoms with Gasteiger partial charge in [0.05, 0.1) is 0 Å². The molecule has 2 aromatic rings. The lowest BCUT2D eigenvalue weighted by Crippen LogP contribution is -2.07. The molecule has 0 spiro atoms. The largest absolute Gasteiger partial charge is 0.370 e. The fourth-order valence-electron chi connectivity index (χ4n) is 1.46. The molecule has 2 heterocycles. The Hall–Kier alpha value is -2.41. The first-order valence-corrected chi connectivity index (χ1v) is 5.39. The third kappa shape index (κ3) is 3.28. The lowest BCUT2D eigenvalue weighted by Gasteiger charge is -2.04. The Bertz CT molecular complexity index is 516. The fourth-order valence-corrected chi connectivity index (χ4v) is 1.46. The van der Waals surface area contributed by atoms with Crippen LogP contribution < -0.4 is 5.32 Å². The zero-order chi connectivity index (χ0) is 11.9. The highest BCUT2D eigenvalue weighted by Gasteiger charge is 1.97. The maximum atomic E-state index is 8.72. The molecule has 1 N–H and O–H groups in total. The number of nitrogens with one attached hydrogen (secondary N) is 1. The maximum Gasteiger partial charge on any atom is 0.142 e. The molecule has 4 heteroatoms. The zero-order valence-corrected chi connectivity index (χ0v) is 9.30. The topological polar surface area (TPSA) is 61.6 Å². The number of nitrogens with zero attached hydrogens (tertiary/aromatic N) is 3. The average molecular weight is 224 g/mol. The van der Waals surface area contributed by atoms with Crippen molar-refractivity contribution >= 4 is 5.82 Å². The molecular formula is C13H12N4. The van der Waals surface area contributed by atoms with E-state index in [0.717, 1.165) is 24.5 Å². The molecule has 0 aliphatic carbocycles. The molecule has 0 saturated heterocycles. The van der Waals surface area contributed by atoms with Crippen LogP contribution in [-0.2, 0) is 6.42 Å². The van der Waals surface area contributed by atoms with Gasteiger partial charge in [0.1, 0.15) is 17.6 Å². The second kappa shape index (κ2) is 5.61. The quantitative estimate of drug-likeness (QED) is 0.862. The van der Waals surface area contributed by atoms with E-state index in [1.165, 1.54) is 0 Å². The summed E-state index contributed by atoms with van der Waals surface area (Å²) in [5, 5.41) is 11.9. The van der Waals surface area contributed by atoms with Gasteiger partial charge in [0, 0.05) is 24.9 Å². The van der Waals surface area contributed by atoms with Crippen LogP contribution in [0, 0.1) is 11.3 Å². The summed E-state index contributed by atoms with van der Waals surface area (Å²) in [4.78, 5) is 8.36. The normalized spacial score (nSPS) is 9.59. The molecule has 0 amide bonds. The molecule has 0 atom stereocenters. The summed E-state index contributed by atoms with van der Waals surface area (Å²) in [5.74, 6) is 0.722. The molecule has 2 rings (SSSR count). The van der Waals surface area contributed by atoms with Gasteiger partial charge in [-0.15, -0.1) is 0 Å². The number of rotatable bonds is 4. The van der Waals surface area contributed by atoms with Crippen LogP contribution >= 0.6 is 0 Å². The third-order valence-corrected chi connectivity index (χ3v) is 2.28. The highest BCUT2D eigenvalue weighted by molar-refractivity contribution is 5.38. The van der Waals surface area contributed by atoms with Crippen LogP contribution in [0.5, 0.6) is 0 Å². The van der Waals surface area contributed by atoms with Crippen molar-refractivity contribution in [1.82, 2.24) is 9.97 Å². The molecule has 2 aromatic heterocycles. The molecule has 0 aliphatic heterocycles. The van der Waals surface area contributed by atoms with Gasteiger partial charge in [-0.1, -0.05) is 12.1 Å². The Morgan fingerprint density at radius 3 is 2.88 bits per heavy atom. The van der Waals surface area contributed by atoms with Crippen LogP contribution in [0.25, 0.3) is 0 Å². The van der Waals surface area contributed by atoms with Gasteiger partial charge in [0.2, 0.25) is 0 Å². The number of pyridine rings is 2. The minimum Gasteiger partial charge on any atom is -0.370 e. The van der Waals surface area contributed by atoms with E-state index in [9.17, 15) is 0 Å². The Morgan fingerprint density at radius 2 is 2.12 bits per heavy atom. The summed E-state index contributed by atoms with van der Waals surface area (Å²) < 4.78 is 0. The van der Waals surface area contributed by atoms with Gasteiger partial charge in [0.25, 0.3) is 0 Å². The van der Waals surface area contributed by atoms with Crippen molar-refractivity contribution in [2.75, 3.05) is 11.9 Å². The summed E-state index contributed by atoms with van der Waals surface area (Å²) in [5.41, 5.74) is 1.46. The Morgan fingerprint density at radius 1 is 1.18 bits per heavy atom. The average Bonchev–Trinajstić information content (AvgIpc) is 2.40. The minimum atomic E-state index is 0.424. The van der Waals surface area contributed by atoms with Crippen molar-refractivity contribution in [3.63, 3.8) is 0 Å². The SMILES string of the molecule is N#Cc1cccc(NCCc2ccccn2)n1. The highest BCUT2D eigenvalue weighted by Crippen LogP contribution is 2.04. The molecule has 0 fully saturated rings. The van der Waals surface area contributed by atoms with Crippen LogP contribution in [0.4, 0.5) is 5.82 Å². The van der Waals surface area contributed by atoms with Crippen molar-refractivity contribution in [3.8, 4) is 6.07 Å². The lowest BCUT2D eigenvalue weighted by molar-refractivity contribution is 0.953. The van der Waals surface area contributed by atoms with Crippen LogP contribution in [0.1, 0.15) is 11.4 Å². The summed E-state index contributed by atoms with van der Waals surface area (Å²) in [6.07, 6.45) is 2.61. The first-order valence-electron chi connectivity index (χ1n) is 5.39. The highest BCUT2D eigenvalue weighted by atomic mass is 15.0. The van der Waals surface area contributed by atoms with Gasteiger partial charge in [-0.05, 0) is 24.3 Å². The Labute approximate surface area is 100.0 Å². The molecular weight excluding hydrogens is 212 g/mol. The summed E-state index contributed by atoms with van der Waals surface area (Å²) in [7, 11) is 0. The summed E-state index contributed by atoms with van der Waals surface area (Å²) in [6, 6.07) is 13.2. The fraction of sp³-hybridized carbons (Fsp3) is 0.154. The number of nitriles is 1. The number of hydrogen-bond acceptors (Lipinski definition) is 4. The molecule has 4 nitrogen and oxygen atoms in total. The monoisotopic (exact) mass is 224 g/mol. The second-order valence-corrected chi connectivity index (χ2v) is 3.52. The number of aromatic nitrogens is 2. The van der Waals surface area contributed by atoms with Crippen LogP contribution in [0.3, 0.4) is 0 Å². The number of anilines is 1. The van der Waals surface area contributed by atoms with Gasteiger partial charge in [-0.3, -0.25) is 4.98 Å². The standard InChI is InChI=1S/C13H12N4/c14-10-12-5-3-6-13(17-12)16-9-7-11-4-1-2-8-15-11/h1-6,8H,7,9H2,(H,16,17). The second-order valence-electron chi connectivity index (χ2n) is 3.52. The molecule has 84 valence electrons. The molecule has 0 radical (unpaired) electrons. The van der Waals surface area contributed by atoms with E-state index in [0.29, 0.717) is 5.69 Å². The van der Waals surface area contributed by atoms with Gasteiger partial charge in [-0.2, -0.15) is 5.26 Å². The molecule has 17 heavy (non-hydrogen) atoms. The van der Waals surface area contributed by atoms with Crippen LogP contribution in [-0.4, -0.2) is 16.5 Å². The Kier molecular flexibility index (Phi) is 3.66. The summed E-state index contributed by atoms with van der Waals surface area (Å²) in [6.45, 7) is 0.749. The number of hydrogen-bond donors (Lipinski definition) is 1. The van der Waals surface area contributed by atoms with Crippen LogP contribution in [0.15, 0.2) is 42.6 Å². The molecule has 0 aromatic carbocycles. The molecule has 0 saturated carbocycles. The van der Waals surface area contributed by atoms with Gasteiger partial charge >= 0.3 is 0 Å². The van der Waals surface area contributed by atoms with E-state index in [1.54, 1.807) is 12.3 Å². The Balaban J connectivity index is 1.88. The lowest BCUT2D eigenvalue weighted by atomic mass is 10.3. The van der Waals surface area contributed by atoms with Crippen LogP contribution in [0.2, 0.25) is 0 Å². The van der Waals surface area contributed by atoms with Crippen molar-refractivity contribution < 1.29 is 0 Å². The van der Waals surface area contributed by atoms with Gasteiger partial charge < -0.3 is 5.32 Å². The molecule has 0 bridgehead atoms. The van der Waals surface area contributed by atoms with Crippen molar-refractivity contribution in [3.05, 3.63) is 54.0 Å². The van der Waals surface area contributed by atoms with E-state index in [2.05, 4.69) is 15.3 Å². The van der Waals surface area contributed by atoms with E-state index in [-0.39, 0.29) is 0 Å². The van der Waals surface area contributed by atoms with Gasteiger partial charge in [-0.25, -0.2) is 4.98 Å².